The van der Waals surface area contributed by atoms with Gasteiger partial charge in [-0.15, -0.1) is 25.3 Å². The molecule has 0 amide bonds. The summed E-state index contributed by atoms with van der Waals surface area (Å²) in [6.07, 6.45) is 7.77. The van der Waals surface area contributed by atoms with Crippen LogP contribution < -0.4 is 0 Å². The van der Waals surface area contributed by atoms with Gasteiger partial charge in [0.05, 0.1) is 0 Å². The Labute approximate surface area is 114 Å². The van der Waals surface area contributed by atoms with E-state index in [0.717, 1.165) is 20.9 Å². The highest BCUT2D eigenvalue weighted by atomic mass is 32.1. The van der Waals surface area contributed by atoms with Gasteiger partial charge in [0.15, 0.2) is 0 Å². The molecule has 2 heteroatoms. The fraction of sp³-hybridized carbons (Fsp3) is 0.0667. The van der Waals surface area contributed by atoms with Crippen molar-refractivity contribution in [1.29, 1.82) is 0 Å². The van der Waals surface area contributed by atoms with E-state index in [1.54, 1.807) is 0 Å². The lowest BCUT2D eigenvalue weighted by molar-refractivity contribution is 1.63. The largest absolute Gasteiger partial charge is 0.142 e. The van der Waals surface area contributed by atoms with Crippen molar-refractivity contribution in [3.8, 4) is 0 Å². The van der Waals surface area contributed by atoms with E-state index in [9.17, 15) is 0 Å². The van der Waals surface area contributed by atoms with Crippen LogP contribution in [0.5, 0.6) is 0 Å². The summed E-state index contributed by atoms with van der Waals surface area (Å²) in [6, 6.07) is 9.93. The van der Waals surface area contributed by atoms with Crippen LogP contribution in [0.25, 0.3) is 4.91 Å². The molecule has 1 aromatic rings. The zero-order valence-corrected chi connectivity index (χ0v) is 11.6. The van der Waals surface area contributed by atoms with E-state index >= 15 is 0 Å². The Hall–Kier alpha value is -1.12. The molecule has 0 aromatic heterocycles. The highest BCUT2D eigenvalue weighted by Gasteiger charge is 2.03. The third kappa shape index (κ3) is 4.33. The van der Waals surface area contributed by atoms with Gasteiger partial charge in [-0.05, 0) is 18.1 Å². The molecular weight excluding hydrogens is 244 g/mol. The molecular formula is C15H16S2. The van der Waals surface area contributed by atoms with E-state index in [0.29, 0.717) is 0 Å². The van der Waals surface area contributed by atoms with Crippen molar-refractivity contribution < 1.29 is 0 Å². The maximum absolute atomic E-state index is 4.49. The van der Waals surface area contributed by atoms with Crippen LogP contribution in [0.2, 0.25) is 0 Å². The first-order chi connectivity index (χ1) is 8.16. The molecule has 0 nitrogen and oxygen atoms in total. The molecule has 0 unspecified atom stereocenters. The van der Waals surface area contributed by atoms with Crippen molar-refractivity contribution >= 4 is 30.2 Å². The molecule has 0 aliphatic carbocycles. The molecule has 0 bridgehead atoms. The summed E-state index contributed by atoms with van der Waals surface area (Å²) in [5.41, 5.74) is 1.89. The van der Waals surface area contributed by atoms with Crippen LogP contribution in [0, 0.1) is 0 Å². The number of allylic oxidation sites excluding steroid dienone is 5. The number of thiol groups is 2. The average Bonchev–Trinajstić information content (AvgIpc) is 2.38. The van der Waals surface area contributed by atoms with Crippen LogP contribution in [-0.4, -0.2) is 0 Å². The Kier molecular flexibility index (Phi) is 5.95. The van der Waals surface area contributed by atoms with E-state index in [1.807, 2.05) is 61.6 Å². The van der Waals surface area contributed by atoms with Crippen LogP contribution in [0.1, 0.15) is 12.5 Å². The minimum Gasteiger partial charge on any atom is -0.142 e. The zero-order chi connectivity index (χ0) is 12.7. The lowest BCUT2D eigenvalue weighted by Gasteiger charge is -2.06. The molecule has 88 valence electrons. The molecule has 0 saturated carbocycles. The lowest BCUT2D eigenvalue weighted by Crippen LogP contribution is -1.82. The van der Waals surface area contributed by atoms with Gasteiger partial charge in [0.2, 0.25) is 0 Å². The predicted molar refractivity (Wildman–Crippen MR) is 84.4 cm³/mol. The summed E-state index contributed by atoms with van der Waals surface area (Å²) in [7, 11) is 0. The summed E-state index contributed by atoms with van der Waals surface area (Å²) in [5.74, 6) is 0. The van der Waals surface area contributed by atoms with E-state index in [1.165, 1.54) is 0 Å². The first kappa shape index (κ1) is 13.9. The van der Waals surface area contributed by atoms with Crippen LogP contribution in [-0.2, 0) is 0 Å². The third-order valence-corrected chi connectivity index (χ3v) is 3.35. The Morgan fingerprint density at radius 2 is 1.76 bits per heavy atom. The van der Waals surface area contributed by atoms with Gasteiger partial charge >= 0.3 is 0 Å². The fourth-order valence-corrected chi connectivity index (χ4v) is 1.74. The molecule has 0 radical (unpaired) electrons. The summed E-state index contributed by atoms with van der Waals surface area (Å²) in [6.45, 7) is 5.94. The van der Waals surface area contributed by atoms with E-state index in [-0.39, 0.29) is 0 Å². The molecule has 0 atom stereocenters. The van der Waals surface area contributed by atoms with Gasteiger partial charge in [-0.25, -0.2) is 0 Å². The third-order valence-electron chi connectivity index (χ3n) is 2.18. The van der Waals surface area contributed by atoms with E-state index in [4.69, 9.17) is 0 Å². The molecule has 1 aromatic carbocycles. The number of benzene rings is 1. The lowest BCUT2D eigenvalue weighted by atomic mass is 10.1. The maximum atomic E-state index is 4.49. The smallest absolute Gasteiger partial charge is 0.0252 e. The van der Waals surface area contributed by atoms with Crippen LogP contribution in [0.3, 0.4) is 0 Å². The molecule has 0 N–H and O–H groups in total. The first-order valence-electron chi connectivity index (χ1n) is 5.33. The summed E-state index contributed by atoms with van der Waals surface area (Å²) < 4.78 is 0. The van der Waals surface area contributed by atoms with Gasteiger partial charge in [0, 0.05) is 9.81 Å². The topological polar surface area (TPSA) is 0 Å². The first-order valence-corrected chi connectivity index (χ1v) is 6.22. The average molecular weight is 260 g/mol. The van der Waals surface area contributed by atoms with Crippen molar-refractivity contribution in [2.75, 3.05) is 0 Å². The van der Waals surface area contributed by atoms with Crippen LogP contribution >= 0.6 is 25.3 Å². The quantitative estimate of drug-likeness (QED) is 0.558. The second kappa shape index (κ2) is 7.25. The monoisotopic (exact) mass is 260 g/mol. The summed E-state index contributed by atoms with van der Waals surface area (Å²) in [5, 5.41) is 0. The summed E-state index contributed by atoms with van der Waals surface area (Å²) in [4.78, 5) is 1.63. The van der Waals surface area contributed by atoms with Crippen LogP contribution in [0.4, 0.5) is 0 Å². The van der Waals surface area contributed by atoms with Gasteiger partial charge in [-0.1, -0.05) is 61.2 Å². The second-order valence-corrected chi connectivity index (χ2v) is 4.37. The number of hydrogen-bond donors (Lipinski definition) is 2. The zero-order valence-electron chi connectivity index (χ0n) is 9.80. The normalized spacial score (nSPS) is 13.1. The Balaban J connectivity index is 2.94. The van der Waals surface area contributed by atoms with Crippen molar-refractivity contribution in [3.63, 3.8) is 0 Å². The molecule has 0 aliphatic heterocycles. The van der Waals surface area contributed by atoms with Gasteiger partial charge in [-0.3, -0.25) is 0 Å². The predicted octanol–water partition coefficient (Wildman–Crippen LogP) is 4.90. The fourth-order valence-electron chi connectivity index (χ4n) is 1.25. The molecule has 0 saturated heterocycles. The Bertz CT molecular complexity index is 465. The molecule has 0 aliphatic rings. The van der Waals surface area contributed by atoms with Crippen molar-refractivity contribution in [3.05, 3.63) is 77.3 Å². The molecule has 17 heavy (non-hydrogen) atoms. The number of hydrogen-bond acceptors (Lipinski definition) is 2. The van der Waals surface area contributed by atoms with Crippen molar-refractivity contribution in [2.45, 2.75) is 6.92 Å². The van der Waals surface area contributed by atoms with Gasteiger partial charge < -0.3 is 0 Å². The SMILES string of the molecule is C=C(/C=C\C=C/C)/C(S)=C(/S)c1ccccc1. The highest BCUT2D eigenvalue weighted by molar-refractivity contribution is 7.93. The van der Waals surface area contributed by atoms with Gasteiger partial charge in [0.25, 0.3) is 0 Å². The van der Waals surface area contributed by atoms with Crippen molar-refractivity contribution in [1.82, 2.24) is 0 Å². The maximum Gasteiger partial charge on any atom is 0.0252 e. The van der Waals surface area contributed by atoms with Gasteiger partial charge in [-0.2, -0.15) is 0 Å². The Morgan fingerprint density at radius 1 is 1.12 bits per heavy atom. The molecule has 0 fully saturated rings. The molecule has 1 rings (SSSR count). The van der Waals surface area contributed by atoms with Crippen LogP contribution in [0.15, 0.2) is 71.7 Å². The van der Waals surface area contributed by atoms with Gasteiger partial charge in [0.1, 0.15) is 0 Å². The Morgan fingerprint density at radius 3 is 2.35 bits per heavy atom. The minimum atomic E-state index is 0.792. The number of rotatable bonds is 4. The highest BCUT2D eigenvalue weighted by Crippen LogP contribution is 2.29. The second-order valence-electron chi connectivity index (χ2n) is 3.47. The molecule has 0 heterocycles. The standard InChI is InChI=1S/C15H16S2/c1-3-4-6-9-12(2)14(16)15(17)13-10-7-5-8-11-13/h3-11,16-17H,2H2,1H3/b4-3-,9-6-,15-14-. The minimum absolute atomic E-state index is 0.792. The van der Waals surface area contributed by atoms with E-state index < -0.39 is 0 Å². The van der Waals surface area contributed by atoms with Crippen molar-refractivity contribution in [2.24, 2.45) is 0 Å². The summed E-state index contributed by atoms with van der Waals surface area (Å²) >= 11 is 8.95. The van der Waals surface area contributed by atoms with E-state index in [2.05, 4.69) is 31.8 Å². The molecule has 0 spiro atoms.